The summed E-state index contributed by atoms with van der Waals surface area (Å²) in [6, 6.07) is 7.37. The number of nitrogens with zero attached hydrogens (tertiary/aromatic N) is 7. The first-order chi connectivity index (χ1) is 17.1. The highest BCUT2D eigenvalue weighted by atomic mass is 32.2. The number of aryl methyl sites for hydroxylation is 2. The first kappa shape index (κ1) is 26.9. The number of benzene rings is 1. The van der Waals surface area contributed by atoms with Crippen molar-refractivity contribution in [2.24, 2.45) is 11.5 Å². The van der Waals surface area contributed by atoms with Crippen LogP contribution in [0.1, 0.15) is 42.6 Å². The summed E-state index contributed by atoms with van der Waals surface area (Å²) >= 11 is -2.33. The Hall–Kier alpha value is -2.71. The van der Waals surface area contributed by atoms with E-state index in [1.807, 2.05) is 33.9 Å². The van der Waals surface area contributed by atoms with Crippen LogP contribution < -0.4 is 16.2 Å². The maximum absolute atomic E-state index is 10.8. The summed E-state index contributed by atoms with van der Waals surface area (Å²) in [5.74, 6) is 0. The highest BCUT2D eigenvalue weighted by Crippen LogP contribution is 2.13. The second-order valence-corrected chi connectivity index (χ2v) is 9.11. The summed E-state index contributed by atoms with van der Waals surface area (Å²) in [6.45, 7) is 4.98. The molecule has 0 saturated carbocycles. The van der Waals surface area contributed by atoms with E-state index in [2.05, 4.69) is 30.2 Å². The number of aromatic nitrogens is 6. The quantitative estimate of drug-likeness (QED) is 0.178. The molecule has 0 bridgehead atoms. The van der Waals surface area contributed by atoms with Gasteiger partial charge in [-0.25, -0.2) is 0 Å². The molecular formula is C22H35N10O2S-. The van der Waals surface area contributed by atoms with Gasteiger partial charge in [0.1, 0.15) is 0 Å². The smallest absolute Gasteiger partial charge is 0.0967 e. The lowest BCUT2D eigenvalue weighted by Gasteiger charge is -2.20. The summed E-state index contributed by atoms with van der Waals surface area (Å²) in [5.41, 5.74) is 14.6. The van der Waals surface area contributed by atoms with Gasteiger partial charge in [0, 0.05) is 62.1 Å². The largest absolute Gasteiger partial charge is 0.755 e. The Kier molecular flexibility index (Phi) is 11.2. The minimum Gasteiger partial charge on any atom is -0.755 e. The topological polar surface area (TPSA) is 169 Å². The molecule has 12 nitrogen and oxygen atoms in total. The van der Waals surface area contributed by atoms with Gasteiger partial charge in [-0.05, 0) is 62.9 Å². The van der Waals surface area contributed by atoms with Crippen LogP contribution in [-0.4, -0.2) is 63.3 Å². The van der Waals surface area contributed by atoms with Gasteiger partial charge in [0.15, 0.2) is 0 Å². The number of nitrogens with one attached hydrogen (secondary N) is 1. The molecule has 3 aromatic rings. The fourth-order valence-electron chi connectivity index (χ4n) is 3.67. The van der Waals surface area contributed by atoms with E-state index < -0.39 is 11.3 Å². The first-order valence-electron chi connectivity index (χ1n) is 11.9. The van der Waals surface area contributed by atoms with Crippen LogP contribution in [0, 0.1) is 0 Å². The molecule has 2 heterocycles. The highest BCUT2D eigenvalue weighted by Gasteiger charge is 2.13. The lowest BCUT2D eigenvalue weighted by atomic mass is 10.1. The van der Waals surface area contributed by atoms with Crippen molar-refractivity contribution in [3.8, 4) is 0 Å². The van der Waals surface area contributed by atoms with Gasteiger partial charge in [-0.1, -0.05) is 22.6 Å². The van der Waals surface area contributed by atoms with E-state index in [9.17, 15) is 8.76 Å². The summed E-state index contributed by atoms with van der Waals surface area (Å²) in [7, 11) is 0. The number of anilines is 1. The van der Waals surface area contributed by atoms with Crippen molar-refractivity contribution in [2.45, 2.75) is 58.3 Å². The van der Waals surface area contributed by atoms with Crippen LogP contribution in [0.25, 0.3) is 0 Å². The minimum atomic E-state index is -2.33. The minimum absolute atomic E-state index is 0.538. The lowest BCUT2D eigenvalue weighted by molar-refractivity contribution is 0.253. The predicted molar refractivity (Wildman–Crippen MR) is 133 cm³/mol. The van der Waals surface area contributed by atoms with E-state index in [-0.39, 0.29) is 0 Å². The van der Waals surface area contributed by atoms with E-state index in [0.29, 0.717) is 31.9 Å². The third-order valence-corrected chi connectivity index (χ3v) is 5.90. The zero-order valence-electron chi connectivity index (χ0n) is 20.0. The fraction of sp³-hybridized carbons (Fsp3) is 0.545. The van der Waals surface area contributed by atoms with Crippen molar-refractivity contribution >= 4 is 17.0 Å². The van der Waals surface area contributed by atoms with Crippen molar-refractivity contribution in [2.75, 3.05) is 24.4 Å². The van der Waals surface area contributed by atoms with Crippen molar-refractivity contribution in [3.05, 3.63) is 53.6 Å². The Morgan fingerprint density at radius 2 is 1.43 bits per heavy atom. The van der Waals surface area contributed by atoms with E-state index in [4.69, 9.17) is 11.5 Å². The Morgan fingerprint density at radius 1 is 0.886 bits per heavy atom. The fourth-order valence-corrected chi connectivity index (χ4v) is 4.00. The van der Waals surface area contributed by atoms with E-state index in [1.165, 1.54) is 0 Å². The molecule has 0 aliphatic carbocycles. The average Bonchev–Trinajstić information content (AvgIpc) is 3.48. The molecule has 0 fully saturated rings. The van der Waals surface area contributed by atoms with Crippen LogP contribution >= 0.6 is 0 Å². The predicted octanol–water partition coefficient (Wildman–Crippen LogP) is 0.798. The molecule has 0 saturated heterocycles. The van der Waals surface area contributed by atoms with Gasteiger partial charge in [-0.3, -0.25) is 18.5 Å². The van der Waals surface area contributed by atoms with E-state index in [1.54, 1.807) is 12.1 Å². The average molecular weight is 504 g/mol. The van der Waals surface area contributed by atoms with Crippen molar-refractivity contribution < 1.29 is 8.76 Å². The van der Waals surface area contributed by atoms with Crippen LogP contribution in [0.5, 0.6) is 0 Å². The Morgan fingerprint density at radius 3 is 1.91 bits per heavy atom. The zero-order chi connectivity index (χ0) is 24.9. The van der Waals surface area contributed by atoms with Gasteiger partial charge < -0.3 is 20.7 Å². The zero-order valence-corrected chi connectivity index (χ0v) is 20.8. The van der Waals surface area contributed by atoms with Crippen molar-refractivity contribution in [1.29, 1.82) is 0 Å². The van der Waals surface area contributed by atoms with Crippen LogP contribution in [0.2, 0.25) is 0 Å². The normalized spacial score (nSPS) is 12.3. The van der Waals surface area contributed by atoms with E-state index in [0.717, 1.165) is 68.7 Å². The SMILES string of the molecule is NCCCCn1cc(CN(CCc2ccc(NS(=O)[O-])cc2)Cc2cn(CCCCN)nn2)nn1. The number of hydrogen-bond acceptors (Lipinski definition) is 9. The molecule has 2 aromatic heterocycles. The molecule has 3 rings (SSSR count). The lowest BCUT2D eigenvalue weighted by Crippen LogP contribution is -2.26. The molecule has 192 valence electrons. The Labute approximate surface area is 208 Å². The number of unbranched alkanes of at least 4 members (excludes halogenated alkanes) is 2. The Balaban J connectivity index is 1.62. The molecule has 0 amide bonds. The molecular weight excluding hydrogens is 468 g/mol. The Bertz CT molecular complexity index is 973. The summed E-state index contributed by atoms with van der Waals surface area (Å²) < 4.78 is 27.7. The summed E-state index contributed by atoms with van der Waals surface area (Å²) in [4.78, 5) is 2.27. The van der Waals surface area contributed by atoms with Crippen LogP contribution in [0.3, 0.4) is 0 Å². The number of hydrogen-bond donors (Lipinski definition) is 3. The maximum atomic E-state index is 10.8. The molecule has 5 N–H and O–H groups in total. The van der Waals surface area contributed by atoms with Crippen LogP contribution in [0.15, 0.2) is 36.7 Å². The van der Waals surface area contributed by atoms with Crippen LogP contribution in [-0.2, 0) is 43.9 Å². The molecule has 0 radical (unpaired) electrons. The third-order valence-electron chi connectivity index (χ3n) is 5.50. The molecule has 1 aromatic carbocycles. The van der Waals surface area contributed by atoms with Crippen molar-refractivity contribution in [1.82, 2.24) is 34.9 Å². The van der Waals surface area contributed by atoms with E-state index >= 15 is 0 Å². The van der Waals surface area contributed by atoms with Gasteiger partial charge in [0.05, 0.1) is 11.4 Å². The van der Waals surface area contributed by atoms with Gasteiger partial charge in [0.2, 0.25) is 0 Å². The monoisotopic (exact) mass is 503 g/mol. The molecule has 35 heavy (non-hydrogen) atoms. The first-order valence-corrected chi connectivity index (χ1v) is 13.0. The second kappa shape index (κ2) is 14.6. The van der Waals surface area contributed by atoms with Gasteiger partial charge in [0.25, 0.3) is 0 Å². The van der Waals surface area contributed by atoms with Crippen molar-refractivity contribution in [3.63, 3.8) is 0 Å². The highest BCUT2D eigenvalue weighted by molar-refractivity contribution is 7.80. The molecule has 1 unspecified atom stereocenters. The van der Waals surface area contributed by atoms with Gasteiger partial charge in [-0.15, -0.1) is 10.2 Å². The third kappa shape index (κ3) is 9.82. The van der Waals surface area contributed by atoms with Gasteiger partial charge in [-0.2, -0.15) is 0 Å². The van der Waals surface area contributed by atoms with Gasteiger partial charge >= 0.3 is 0 Å². The molecule has 0 spiro atoms. The standard InChI is InChI=1S/C22H36N10O2S/c23-10-1-3-12-31-17-21(25-28-31)15-30(16-22-18-32(29-26-22)13-4-2-11-24)14-9-19-5-7-20(8-6-19)27-35(33)34/h5-8,17-18,27H,1-4,9-16,23-24H2,(H,33,34)/p-1. The molecule has 13 heteroatoms. The maximum Gasteiger partial charge on any atom is 0.0967 e. The number of rotatable bonds is 17. The number of nitrogens with two attached hydrogens (primary N) is 2. The second-order valence-electron chi connectivity index (χ2n) is 8.43. The van der Waals surface area contributed by atoms with Crippen LogP contribution in [0.4, 0.5) is 5.69 Å². The summed E-state index contributed by atoms with van der Waals surface area (Å²) in [5, 5.41) is 17.2. The molecule has 0 aliphatic heterocycles. The molecule has 0 aliphatic rings. The summed E-state index contributed by atoms with van der Waals surface area (Å²) in [6.07, 6.45) is 8.62. The molecule has 1 atom stereocenters.